The van der Waals surface area contributed by atoms with Crippen LogP contribution < -0.4 is 0 Å². The molecule has 3 heterocycles. The Morgan fingerprint density at radius 2 is 1.85 bits per heavy atom. The lowest BCUT2D eigenvalue weighted by Crippen LogP contribution is -2.44. The summed E-state index contributed by atoms with van der Waals surface area (Å²) < 4.78 is 1.06. The van der Waals surface area contributed by atoms with Crippen LogP contribution >= 0.6 is 27.3 Å². The highest BCUT2D eigenvalue weighted by Crippen LogP contribution is 2.41. The number of halogens is 1. The smallest absolute Gasteiger partial charge is 0.274 e. The second-order valence-electron chi connectivity index (χ2n) is 9.63. The van der Waals surface area contributed by atoms with Crippen molar-refractivity contribution in [3.8, 4) is 10.4 Å². The van der Waals surface area contributed by atoms with Gasteiger partial charge in [0.15, 0.2) is 0 Å². The fourth-order valence-electron chi connectivity index (χ4n) is 4.94. The number of hydrogen-bond donors (Lipinski definition) is 1. The third-order valence-electron chi connectivity index (χ3n) is 7.38. The van der Waals surface area contributed by atoms with E-state index in [1.54, 1.807) is 11.3 Å². The lowest BCUT2D eigenvalue weighted by molar-refractivity contribution is 0.0601. The highest BCUT2D eigenvalue weighted by Gasteiger charge is 2.45. The third kappa shape index (κ3) is 3.60. The molecule has 0 spiro atoms. The van der Waals surface area contributed by atoms with Crippen molar-refractivity contribution in [3.63, 3.8) is 0 Å². The number of benzene rings is 2. The fourth-order valence-corrected chi connectivity index (χ4v) is 6.37. The average molecular weight is 538 g/mol. The van der Waals surface area contributed by atoms with E-state index in [2.05, 4.69) is 79.8 Å². The summed E-state index contributed by atoms with van der Waals surface area (Å²) in [6.07, 6.45) is 1.79. The van der Waals surface area contributed by atoms with Crippen LogP contribution in [0.5, 0.6) is 0 Å². The number of thiazole rings is 1. The van der Waals surface area contributed by atoms with E-state index in [1.807, 2.05) is 11.8 Å². The van der Waals surface area contributed by atoms with Gasteiger partial charge in [-0.2, -0.15) is 0 Å². The van der Waals surface area contributed by atoms with Crippen LogP contribution in [0, 0.1) is 34.6 Å². The van der Waals surface area contributed by atoms with Crippen molar-refractivity contribution >= 4 is 44.2 Å². The molecule has 1 aliphatic heterocycles. The molecule has 1 saturated heterocycles. The normalized spacial score (nSPS) is 18.3. The number of hydrogen-bond acceptors (Lipinski definition) is 4. The van der Waals surface area contributed by atoms with E-state index in [9.17, 15) is 4.79 Å². The van der Waals surface area contributed by atoms with Crippen molar-refractivity contribution < 1.29 is 4.79 Å². The number of fused-ring (bicyclic) bond motifs is 1. The van der Waals surface area contributed by atoms with E-state index in [4.69, 9.17) is 9.97 Å². The van der Waals surface area contributed by atoms with Crippen LogP contribution in [0.25, 0.3) is 21.5 Å². The molecule has 176 valence electrons. The van der Waals surface area contributed by atoms with Crippen LogP contribution in [0.2, 0.25) is 0 Å². The summed E-state index contributed by atoms with van der Waals surface area (Å²) in [6.45, 7) is 13.2. The first kappa shape index (κ1) is 23.2. The Bertz CT molecular complexity index is 1450. The first-order chi connectivity index (χ1) is 16.1. The molecule has 1 atom stereocenters. The average Bonchev–Trinajstić information content (AvgIpc) is 3.51. The molecule has 1 fully saturated rings. The molecule has 4 aromatic rings. The van der Waals surface area contributed by atoms with Crippen molar-refractivity contribution in [1.29, 1.82) is 0 Å². The number of H-pyrrole nitrogens is 1. The number of rotatable bonds is 3. The van der Waals surface area contributed by atoms with Gasteiger partial charge in [-0.15, -0.1) is 11.3 Å². The minimum atomic E-state index is -0.513. The molecule has 7 heteroatoms. The number of aryl methyl sites for hydroxylation is 4. The zero-order valence-electron chi connectivity index (χ0n) is 20.5. The van der Waals surface area contributed by atoms with Crippen molar-refractivity contribution in [2.24, 2.45) is 0 Å². The molecule has 0 aliphatic carbocycles. The molecule has 1 amide bonds. The largest absolute Gasteiger partial charge is 0.340 e. The summed E-state index contributed by atoms with van der Waals surface area (Å²) in [5.74, 6) is 0.820. The Balaban J connectivity index is 1.57. The van der Waals surface area contributed by atoms with Gasteiger partial charge in [0.05, 0.1) is 26.5 Å². The number of likely N-dealkylation sites (tertiary alicyclic amines) is 1. The Labute approximate surface area is 212 Å². The topological polar surface area (TPSA) is 61.9 Å². The monoisotopic (exact) mass is 536 g/mol. The van der Waals surface area contributed by atoms with Crippen LogP contribution in [-0.2, 0) is 5.54 Å². The zero-order chi connectivity index (χ0) is 24.4. The molecule has 5 rings (SSSR count). The molecule has 34 heavy (non-hydrogen) atoms. The molecule has 0 unspecified atom stereocenters. The highest BCUT2D eigenvalue weighted by molar-refractivity contribution is 9.10. The fraction of sp³-hybridized carbons (Fsp3) is 0.370. The number of carbonyl (C=O) groups excluding carboxylic acids is 1. The molecule has 0 saturated carbocycles. The van der Waals surface area contributed by atoms with Gasteiger partial charge in [0.25, 0.3) is 5.91 Å². The summed E-state index contributed by atoms with van der Waals surface area (Å²) in [6, 6.07) is 8.45. The first-order valence-electron chi connectivity index (χ1n) is 11.6. The van der Waals surface area contributed by atoms with Gasteiger partial charge in [-0.05, 0) is 88.3 Å². The Hall–Kier alpha value is -2.51. The number of aromatic nitrogens is 3. The molecule has 1 N–H and O–H groups in total. The predicted molar refractivity (Wildman–Crippen MR) is 143 cm³/mol. The zero-order valence-corrected chi connectivity index (χ0v) is 22.9. The first-order valence-corrected chi connectivity index (χ1v) is 13.2. The van der Waals surface area contributed by atoms with Crippen molar-refractivity contribution in [1.82, 2.24) is 19.9 Å². The number of nitrogens with one attached hydrogen (secondary N) is 1. The molecule has 1 aliphatic rings. The second-order valence-corrected chi connectivity index (χ2v) is 11.7. The number of imidazole rings is 1. The Morgan fingerprint density at radius 1 is 1.09 bits per heavy atom. The lowest BCUT2D eigenvalue weighted by Gasteiger charge is -2.33. The highest BCUT2D eigenvalue weighted by atomic mass is 79.9. The maximum Gasteiger partial charge on any atom is 0.274 e. The van der Waals surface area contributed by atoms with E-state index in [-0.39, 0.29) is 5.91 Å². The maximum atomic E-state index is 14.0. The van der Waals surface area contributed by atoms with E-state index in [1.165, 1.54) is 16.7 Å². The minimum Gasteiger partial charge on any atom is -0.340 e. The second kappa shape index (κ2) is 8.31. The van der Waals surface area contributed by atoms with Crippen LogP contribution in [-0.4, -0.2) is 32.3 Å². The van der Waals surface area contributed by atoms with E-state index < -0.39 is 5.54 Å². The summed E-state index contributed by atoms with van der Waals surface area (Å²) in [7, 11) is 0. The SMILES string of the molecule is Cc1nc(C(=O)N2CCC[C@@]2(C)c2nc3c(C)c(C)c(Br)cc3[nH]2)c(-c2ccc(C)c(C)c2)s1. The minimum absolute atomic E-state index is 0.0212. The third-order valence-corrected chi connectivity index (χ3v) is 9.22. The molecular weight excluding hydrogens is 508 g/mol. The molecule has 0 bridgehead atoms. The van der Waals surface area contributed by atoms with Gasteiger partial charge in [0.2, 0.25) is 0 Å². The molecular formula is C27H29BrN4OS. The Kier molecular flexibility index (Phi) is 5.68. The van der Waals surface area contributed by atoms with Gasteiger partial charge < -0.3 is 9.88 Å². The van der Waals surface area contributed by atoms with Gasteiger partial charge in [-0.3, -0.25) is 4.79 Å². The maximum absolute atomic E-state index is 14.0. The lowest BCUT2D eigenvalue weighted by atomic mass is 9.97. The Morgan fingerprint density at radius 3 is 2.59 bits per heavy atom. The van der Waals surface area contributed by atoms with E-state index in [0.29, 0.717) is 12.2 Å². The van der Waals surface area contributed by atoms with Crippen LogP contribution in [0.15, 0.2) is 28.7 Å². The van der Waals surface area contributed by atoms with Crippen molar-refractivity contribution in [2.45, 2.75) is 59.9 Å². The van der Waals surface area contributed by atoms with Crippen LogP contribution in [0.3, 0.4) is 0 Å². The molecule has 2 aromatic carbocycles. The number of aromatic amines is 1. The molecule has 0 radical (unpaired) electrons. The molecule has 2 aromatic heterocycles. The van der Waals surface area contributed by atoms with Gasteiger partial charge in [-0.1, -0.05) is 34.1 Å². The quantitative estimate of drug-likeness (QED) is 0.302. The molecule has 5 nitrogen and oxygen atoms in total. The van der Waals surface area contributed by atoms with E-state index >= 15 is 0 Å². The summed E-state index contributed by atoms with van der Waals surface area (Å²) in [4.78, 5) is 30.2. The van der Waals surface area contributed by atoms with Gasteiger partial charge in [-0.25, -0.2) is 9.97 Å². The summed E-state index contributed by atoms with van der Waals surface area (Å²) in [5.41, 5.74) is 7.84. The number of nitrogens with zero attached hydrogens (tertiary/aromatic N) is 3. The summed E-state index contributed by atoms with van der Waals surface area (Å²) >= 11 is 5.25. The van der Waals surface area contributed by atoms with Crippen molar-refractivity contribution in [2.75, 3.05) is 6.54 Å². The number of carbonyl (C=O) groups is 1. The summed E-state index contributed by atoms with van der Waals surface area (Å²) in [5, 5.41) is 0.900. The van der Waals surface area contributed by atoms with Gasteiger partial charge >= 0.3 is 0 Å². The van der Waals surface area contributed by atoms with Gasteiger partial charge in [0.1, 0.15) is 11.5 Å². The van der Waals surface area contributed by atoms with Gasteiger partial charge in [0, 0.05) is 11.0 Å². The van der Waals surface area contributed by atoms with Crippen LogP contribution in [0.1, 0.15) is 63.3 Å². The predicted octanol–water partition coefficient (Wildman–Crippen LogP) is 7.14. The van der Waals surface area contributed by atoms with Crippen molar-refractivity contribution in [3.05, 3.63) is 67.5 Å². The van der Waals surface area contributed by atoms with E-state index in [0.717, 1.165) is 55.2 Å². The van der Waals surface area contributed by atoms with Crippen LogP contribution in [0.4, 0.5) is 0 Å². The standard InChI is InChI=1S/C27H29BrN4OS/c1-14-8-9-19(12-15(14)2)24-23(29-18(5)34-24)25(33)32-11-7-10-27(32,6)26-30-21-13-20(28)16(3)17(4)22(21)31-26/h8-9,12-13H,7,10-11H2,1-6H3,(H,30,31)/t27-/m0/s1. The number of amides is 1.